The maximum atomic E-state index is 2.61. The SMILES string of the molecule is C[Si](C)(C)c1c2ccccc2cc2cccc(C3C4CC5CC(C4)CC3(c3cccc4cc6ccccc6c([Si](C)(C)C)c34)C5)c12. The van der Waals surface area contributed by atoms with Crippen LogP contribution in [0, 0.1) is 17.8 Å². The van der Waals surface area contributed by atoms with Crippen LogP contribution in [0.25, 0.3) is 43.1 Å². The van der Waals surface area contributed by atoms with Crippen molar-refractivity contribution in [1.82, 2.24) is 0 Å². The van der Waals surface area contributed by atoms with Crippen LogP contribution >= 0.6 is 0 Å². The first-order valence-corrected chi connectivity index (χ1v) is 24.9. The maximum Gasteiger partial charge on any atom is 0.0792 e. The quantitative estimate of drug-likeness (QED) is 0.134. The summed E-state index contributed by atoms with van der Waals surface area (Å²) in [5.41, 5.74) is 3.56. The lowest BCUT2D eigenvalue weighted by Gasteiger charge is -2.62. The van der Waals surface area contributed by atoms with Gasteiger partial charge in [-0.25, -0.2) is 0 Å². The minimum absolute atomic E-state index is 0.182. The third-order valence-corrected chi connectivity index (χ3v) is 16.5. The Kier molecular flexibility index (Phi) is 6.24. The first-order valence-electron chi connectivity index (χ1n) is 17.9. The zero-order valence-electron chi connectivity index (χ0n) is 28.6. The fourth-order valence-electron chi connectivity index (χ4n) is 11.5. The van der Waals surface area contributed by atoms with E-state index in [-0.39, 0.29) is 5.41 Å². The molecule has 3 unspecified atom stereocenters. The van der Waals surface area contributed by atoms with Gasteiger partial charge in [0, 0.05) is 5.41 Å². The van der Waals surface area contributed by atoms with Gasteiger partial charge < -0.3 is 0 Å². The highest BCUT2D eigenvalue weighted by atomic mass is 28.3. The van der Waals surface area contributed by atoms with E-state index in [1.807, 2.05) is 0 Å². The van der Waals surface area contributed by atoms with Crippen LogP contribution in [0.4, 0.5) is 0 Å². The zero-order chi connectivity index (χ0) is 31.6. The maximum absolute atomic E-state index is 2.61. The second-order valence-electron chi connectivity index (χ2n) is 17.5. The lowest BCUT2D eigenvalue weighted by atomic mass is 9.42. The van der Waals surface area contributed by atoms with E-state index in [0.717, 1.165) is 17.8 Å². The average Bonchev–Trinajstić information content (AvgIpc) is 3.00. The molecule has 0 nitrogen and oxygen atoms in total. The Bertz CT molecular complexity index is 2180. The summed E-state index contributed by atoms with van der Waals surface area (Å²) in [4.78, 5) is 0. The molecular weight excluding hydrogens is 585 g/mol. The molecule has 4 saturated carbocycles. The van der Waals surface area contributed by atoms with Gasteiger partial charge in [-0.3, -0.25) is 0 Å². The predicted molar refractivity (Wildman–Crippen MR) is 207 cm³/mol. The van der Waals surface area contributed by atoms with Crippen LogP contribution in [-0.2, 0) is 5.41 Å². The molecule has 10 rings (SSSR count). The number of hydrogen-bond donors (Lipinski definition) is 0. The van der Waals surface area contributed by atoms with E-state index in [0.29, 0.717) is 5.92 Å². The Morgan fingerprint density at radius 1 is 0.522 bits per heavy atom. The molecule has 0 radical (unpaired) electrons. The standard InChI is InChI=1S/C44H48Si2/c1-45(2,3)42-35-17-9-7-13-30(35)24-32-15-11-19-37(39(32)42)41-34-22-28-21-29(23-34)27-44(41,26-28)38-20-12-16-33-25-31-14-8-10-18-36(31)43(40(33)38)46(4,5)6/h7-20,24-25,28-29,34,41H,21-23,26-27H2,1-6H3. The van der Waals surface area contributed by atoms with Crippen molar-refractivity contribution < 1.29 is 0 Å². The Balaban J connectivity index is 1.40. The average molecular weight is 633 g/mol. The third-order valence-electron chi connectivity index (χ3n) is 12.5. The highest BCUT2D eigenvalue weighted by Gasteiger charge is 2.59. The van der Waals surface area contributed by atoms with Crippen molar-refractivity contribution in [3.63, 3.8) is 0 Å². The van der Waals surface area contributed by atoms with Crippen LogP contribution in [0.5, 0.6) is 0 Å². The molecule has 4 fully saturated rings. The van der Waals surface area contributed by atoms with Gasteiger partial charge in [0.1, 0.15) is 0 Å². The molecule has 4 bridgehead atoms. The monoisotopic (exact) mass is 632 g/mol. The molecular formula is C44H48Si2. The fourth-order valence-corrected chi connectivity index (χ4v) is 15.6. The summed E-state index contributed by atoms with van der Waals surface area (Å²) in [6, 6.07) is 38.4. The van der Waals surface area contributed by atoms with Crippen LogP contribution in [0.2, 0.25) is 39.3 Å². The van der Waals surface area contributed by atoms with Gasteiger partial charge in [0.05, 0.1) is 16.1 Å². The molecule has 3 atom stereocenters. The molecule has 2 heteroatoms. The molecule has 0 heterocycles. The lowest BCUT2D eigenvalue weighted by molar-refractivity contribution is -0.0268. The summed E-state index contributed by atoms with van der Waals surface area (Å²) in [6.07, 6.45) is 7.01. The molecule has 4 aliphatic rings. The van der Waals surface area contributed by atoms with E-state index in [2.05, 4.69) is 136 Å². The number of hydrogen-bond acceptors (Lipinski definition) is 0. The molecule has 232 valence electrons. The van der Waals surface area contributed by atoms with Gasteiger partial charge in [-0.1, -0.05) is 124 Å². The van der Waals surface area contributed by atoms with Crippen molar-refractivity contribution >= 4 is 69.6 Å². The summed E-state index contributed by atoms with van der Waals surface area (Å²) in [5, 5.41) is 15.4. The van der Waals surface area contributed by atoms with Gasteiger partial charge >= 0.3 is 0 Å². The Hall–Kier alpha value is -3.21. The van der Waals surface area contributed by atoms with Gasteiger partial charge in [0.25, 0.3) is 0 Å². The highest BCUT2D eigenvalue weighted by Crippen LogP contribution is 2.67. The minimum Gasteiger partial charge on any atom is -0.0656 e. The van der Waals surface area contributed by atoms with Crippen molar-refractivity contribution in [2.75, 3.05) is 0 Å². The second kappa shape index (κ2) is 9.91. The molecule has 0 spiro atoms. The van der Waals surface area contributed by atoms with Crippen LogP contribution in [-0.4, -0.2) is 16.1 Å². The summed E-state index contributed by atoms with van der Waals surface area (Å²) in [7, 11) is -3.42. The zero-order valence-corrected chi connectivity index (χ0v) is 30.6. The number of rotatable bonds is 4. The molecule has 4 aliphatic carbocycles. The second-order valence-corrected chi connectivity index (χ2v) is 27.5. The lowest BCUT2D eigenvalue weighted by Crippen LogP contribution is -2.54. The summed E-state index contributed by atoms with van der Waals surface area (Å²) in [5.74, 6) is 3.06. The molecule has 0 saturated heterocycles. The summed E-state index contributed by atoms with van der Waals surface area (Å²) < 4.78 is 0. The van der Waals surface area contributed by atoms with Crippen molar-refractivity contribution in [3.05, 3.63) is 108 Å². The van der Waals surface area contributed by atoms with E-state index < -0.39 is 16.1 Å². The molecule has 46 heavy (non-hydrogen) atoms. The smallest absolute Gasteiger partial charge is 0.0656 e. The van der Waals surface area contributed by atoms with Gasteiger partial charge in [0.2, 0.25) is 0 Å². The molecule has 0 aliphatic heterocycles. The Morgan fingerprint density at radius 2 is 1.02 bits per heavy atom. The van der Waals surface area contributed by atoms with Crippen molar-refractivity contribution in [3.8, 4) is 0 Å². The van der Waals surface area contributed by atoms with Crippen LogP contribution in [0.1, 0.15) is 49.1 Å². The van der Waals surface area contributed by atoms with Crippen molar-refractivity contribution in [2.45, 2.75) is 82.7 Å². The van der Waals surface area contributed by atoms with Crippen molar-refractivity contribution in [2.24, 2.45) is 17.8 Å². The largest absolute Gasteiger partial charge is 0.0792 e. The highest BCUT2D eigenvalue weighted by molar-refractivity contribution is 6.92. The Morgan fingerprint density at radius 3 is 1.61 bits per heavy atom. The normalized spacial score (nSPS) is 26.1. The van der Waals surface area contributed by atoms with E-state index in [1.54, 1.807) is 32.3 Å². The van der Waals surface area contributed by atoms with Crippen LogP contribution in [0.15, 0.2) is 97.1 Å². The van der Waals surface area contributed by atoms with Gasteiger partial charge in [-0.05, 0) is 132 Å². The van der Waals surface area contributed by atoms with Gasteiger partial charge in [0.15, 0.2) is 0 Å². The van der Waals surface area contributed by atoms with E-state index >= 15 is 0 Å². The topological polar surface area (TPSA) is 0 Å². The van der Waals surface area contributed by atoms with E-state index in [1.165, 1.54) is 64.4 Å². The summed E-state index contributed by atoms with van der Waals surface area (Å²) in [6.45, 7) is 15.5. The predicted octanol–water partition coefficient (Wildman–Crippen LogP) is 11.3. The van der Waals surface area contributed by atoms with Gasteiger partial charge in [-0.15, -0.1) is 0 Å². The molecule has 0 aromatic heterocycles. The molecule has 6 aromatic carbocycles. The van der Waals surface area contributed by atoms with E-state index in [9.17, 15) is 0 Å². The Labute approximate surface area is 277 Å². The third kappa shape index (κ3) is 4.15. The fraction of sp³-hybridized carbons (Fsp3) is 0.364. The first kappa shape index (κ1) is 29.0. The molecule has 0 N–H and O–H groups in total. The van der Waals surface area contributed by atoms with E-state index in [4.69, 9.17) is 0 Å². The minimum atomic E-state index is -1.71. The molecule has 0 amide bonds. The first-order chi connectivity index (χ1) is 22.0. The summed E-state index contributed by atoms with van der Waals surface area (Å²) >= 11 is 0. The van der Waals surface area contributed by atoms with Gasteiger partial charge in [-0.2, -0.15) is 0 Å². The number of benzene rings is 6. The molecule has 6 aromatic rings. The van der Waals surface area contributed by atoms with Crippen LogP contribution < -0.4 is 10.4 Å². The van der Waals surface area contributed by atoms with Crippen LogP contribution in [0.3, 0.4) is 0 Å². The number of fused-ring (bicyclic) bond motifs is 4. The van der Waals surface area contributed by atoms with Crippen molar-refractivity contribution in [1.29, 1.82) is 0 Å².